The molecule has 2 aliphatic rings. The third-order valence-electron chi connectivity index (χ3n) is 8.06. The van der Waals surface area contributed by atoms with Crippen LogP contribution in [0.4, 0.5) is 37.8 Å². The number of carbonyl (C=O) groups excluding carboxylic acids is 2. The van der Waals surface area contributed by atoms with Gasteiger partial charge in [0.25, 0.3) is 12.3 Å². The van der Waals surface area contributed by atoms with Crippen LogP contribution in [0.25, 0.3) is 16.9 Å². The predicted molar refractivity (Wildman–Crippen MR) is 164 cm³/mol. The molecule has 5 heterocycles. The summed E-state index contributed by atoms with van der Waals surface area (Å²) in [6, 6.07) is 2.44. The quantitative estimate of drug-likeness (QED) is 0.261. The summed E-state index contributed by atoms with van der Waals surface area (Å²) in [7, 11) is 0. The fraction of sp³-hybridized carbons (Fsp3) is 0.452. The zero-order valence-corrected chi connectivity index (χ0v) is 26.5. The molecule has 4 aromatic rings. The lowest BCUT2D eigenvalue weighted by Gasteiger charge is -2.36. The second-order valence-corrected chi connectivity index (χ2v) is 11.2. The highest BCUT2D eigenvalue weighted by Crippen LogP contribution is 2.37. The van der Waals surface area contributed by atoms with Crippen LogP contribution in [0.2, 0.25) is 0 Å². The first kappa shape index (κ1) is 34.7. The van der Waals surface area contributed by atoms with Gasteiger partial charge < -0.3 is 20.4 Å². The highest BCUT2D eigenvalue weighted by Gasteiger charge is 2.39. The monoisotopic (exact) mass is 679 g/mol. The number of halogens is 6. The van der Waals surface area contributed by atoms with E-state index in [2.05, 4.69) is 25.7 Å². The summed E-state index contributed by atoms with van der Waals surface area (Å²) in [6.07, 6.45) is -1.48. The number of rotatable bonds is 7. The molecule has 1 atom stereocenters. The number of nitrogens with one attached hydrogen (secondary N) is 2. The maximum absolute atomic E-state index is 15.4. The molecule has 6 rings (SSSR count). The Hall–Kier alpha value is -4.67. The van der Waals surface area contributed by atoms with Gasteiger partial charge in [0.15, 0.2) is 17.2 Å². The Labute approximate surface area is 271 Å². The van der Waals surface area contributed by atoms with E-state index in [0.717, 1.165) is 37.8 Å². The Morgan fingerprint density at radius 1 is 1.08 bits per heavy atom. The molecule has 1 unspecified atom stereocenters. The molecule has 258 valence electrons. The number of nitrogens with zero attached hydrogens (tertiary/aromatic N) is 7. The van der Waals surface area contributed by atoms with Gasteiger partial charge in [-0.15, -0.1) is 0 Å². The van der Waals surface area contributed by atoms with Gasteiger partial charge in [-0.3, -0.25) is 18.7 Å². The van der Waals surface area contributed by atoms with E-state index in [9.17, 15) is 31.5 Å². The van der Waals surface area contributed by atoms with Gasteiger partial charge in [-0.05, 0) is 44.0 Å². The summed E-state index contributed by atoms with van der Waals surface area (Å²) in [6.45, 7) is 6.58. The first-order valence-corrected chi connectivity index (χ1v) is 15.5. The van der Waals surface area contributed by atoms with E-state index in [1.807, 2.05) is 13.8 Å². The Morgan fingerprint density at radius 2 is 1.79 bits per heavy atom. The summed E-state index contributed by atoms with van der Waals surface area (Å²) < 4.78 is 84.3. The number of alkyl halides is 5. The minimum absolute atomic E-state index is 0.0122. The molecule has 0 radical (unpaired) electrons. The molecule has 0 aliphatic carbocycles. The van der Waals surface area contributed by atoms with Crippen LogP contribution in [0.15, 0.2) is 36.9 Å². The molecule has 2 N–H and O–H groups in total. The summed E-state index contributed by atoms with van der Waals surface area (Å²) in [5, 5.41) is 9.41. The van der Waals surface area contributed by atoms with Crippen molar-refractivity contribution in [2.24, 2.45) is 0 Å². The van der Waals surface area contributed by atoms with Gasteiger partial charge in [0, 0.05) is 50.5 Å². The van der Waals surface area contributed by atoms with E-state index in [-0.39, 0.29) is 53.4 Å². The van der Waals surface area contributed by atoms with Crippen LogP contribution in [-0.2, 0) is 17.5 Å². The van der Waals surface area contributed by atoms with E-state index in [0.29, 0.717) is 23.3 Å². The van der Waals surface area contributed by atoms with Crippen LogP contribution >= 0.6 is 0 Å². The van der Waals surface area contributed by atoms with Crippen LogP contribution in [0.3, 0.4) is 0 Å². The van der Waals surface area contributed by atoms with E-state index < -0.39 is 42.1 Å². The second kappa shape index (κ2) is 14.2. The standard InChI is InChI=1S/C29H29F6N9O2.C2H6/c1-16-11-17(12-19(30)23(16)28(46)42-9-7-41(8-10-42)27(45)20-3-2-4-36-20)39-25-26-38-13-21(44(26)6-5-37-25)18-14-43(15-22(31)32)40-24(18)29(33,34)35;1-2/h5-6,11-14,20,22,36H,2-4,7-10,15H2,1H3,(H,37,39);1-2H3. The number of piperazine rings is 1. The third kappa shape index (κ3) is 7.10. The topological polar surface area (TPSA) is 113 Å². The van der Waals surface area contributed by atoms with Gasteiger partial charge in [0.2, 0.25) is 5.91 Å². The van der Waals surface area contributed by atoms with E-state index in [1.165, 1.54) is 27.8 Å². The molecule has 2 amide bonds. The van der Waals surface area contributed by atoms with Gasteiger partial charge in [-0.2, -0.15) is 18.3 Å². The molecule has 17 heteroatoms. The fourth-order valence-electron chi connectivity index (χ4n) is 5.89. The molecule has 0 saturated carbocycles. The lowest BCUT2D eigenvalue weighted by Crippen LogP contribution is -2.54. The average Bonchev–Trinajstić information content (AvgIpc) is 3.82. The maximum atomic E-state index is 15.4. The number of hydrogen-bond donors (Lipinski definition) is 2. The van der Waals surface area contributed by atoms with Crippen molar-refractivity contribution in [1.29, 1.82) is 0 Å². The average molecular weight is 680 g/mol. The fourth-order valence-corrected chi connectivity index (χ4v) is 5.89. The van der Waals surface area contributed by atoms with E-state index in [1.54, 1.807) is 11.8 Å². The normalized spacial score (nSPS) is 16.8. The Bertz CT molecular complexity index is 1750. The zero-order valence-electron chi connectivity index (χ0n) is 26.5. The number of anilines is 2. The molecule has 2 aliphatic heterocycles. The minimum atomic E-state index is -4.92. The zero-order chi connectivity index (χ0) is 34.7. The van der Waals surface area contributed by atoms with E-state index >= 15 is 4.39 Å². The minimum Gasteiger partial charge on any atom is -0.338 e. The Morgan fingerprint density at radius 3 is 2.42 bits per heavy atom. The van der Waals surface area contributed by atoms with Crippen LogP contribution in [-0.4, -0.2) is 91.0 Å². The van der Waals surface area contributed by atoms with Gasteiger partial charge in [-0.1, -0.05) is 13.8 Å². The van der Waals surface area contributed by atoms with Crippen LogP contribution in [0, 0.1) is 12.7 Å². The van der Waals surface area contributed by atoms with Gasteiger partial charge in [-0.25, -0.2) is 23.1 Å². The number of aromatic nitrogens is 5. The summed E-state index contributed by atoms with van der Waals surface area (Å²) >= 11 is 0. The molecule has 0 spiro atoms. The number of benzene rings is 1. The van der Waals surface area contributed by atoms with Crippen LogP contribution in [0.5, 0.6) is 0 Å². The first-order chi connectivity index (χ1) is 22.9. The van der Waals surface area contributed by atoms with Crippen molar-refractivity contribution < 1.29 is 35.9 Å². The molecule has 2 fully saturated rings. The Kier molecular flexibility index (Phi) is 10.3. The van der Waals surface area contributed by atoms with Crippen molar-refractivity contribution in [3.05, 3.63) is 59.6 Å². The van der Waals surface area contributed by atoms with Gasteiger partial charge >= 0.3 is 6.18 Å². The Balaban J connectivity index is 0.00000221. The number of imidazole rings is 1. The highest BCUT2D eigenvalue weighted by molar-refractivity contribution is 5.97. The summed E-state index contributed by atoms with van der Waals surface area (Å²) in [4.78, 5) is 37.6. The third-order valence-corrected chi connectivity index (χ3v) is 8.06. The molecular weight excluding hydrogens is 644 g/mol. The highest BCUT2D eigenvalue weighted by atomic mass is 19.4. The molecule has 1 aromatic carbocycles. The van der Waals surface area contributed by atoms with Crippen molar-refractivity contribution in [2.75, 3.05) is 38.0 Å². The maximum Gasteiger partial charge on any atom is 0.435 e. The van der Waals surface area contributed by atoms with Crippen molar-refractivity contribution in [3.63, 3.8) is 0 Å². The smallest absolute Gasteiger partial charge is 0.338 e. The summed E-state index contributed by atoms with van der Waals surface area (Å²) in [5.41, 5.74) is -1.38. The van der Waals surface area contributed by atoms with E-state index in [4.69, 9.17) is 0 Å². The largest absolute Gasteiger partial charge is 0.435 e. The number of carbonyl (C=O) groups is 2. The summed E-state index contributed by atoms with van der Waals surface area (Å²) in [5.74, 6) is -1.21. The van der Waals surface area contributed by atoms with Crippen LogP contribution < -0.4 is 10.6 Å². The predicted octanol–water partition coefficient (Wildman–Crippen LogP) is 5.13. The molecule has 11 nitrogen and oxygen atoms in total. The second-order valence-electron chi connectivity index (χ2n) is 11.2. The molecule has 0 bridgehead atoms. The van der Waals surface area contributed by atoms with Crippen molar-refractivity contribution in [3.8, 4) is 11.3 Å². The molecule has 2 saturated heterocycles. The molecule has 3 aromatic heterocycles. The number of fused-ring (bicyclic) bond motifs is 1. The number of amides is 2. The molecular formula is C31H35F6N9O2. The molecule has 48 heavy (non-hydrogen) atoms. The van der Waals surface area contributed by atoms with Crippen molar-refractivity contribution in [1.82, 2.24) is 39.3 Å². The number of hydrogen-bond acceptors (Lipinski definition) is 7. The van der Waals surface area contributed by atoms with Crippen LogP contribution in [0.1, 0.15) is 48.3 Å². The van der Waals surface area contributed by atoms with Crippen molar-refractivity contribution in [2.45, 2.75) is 58.8 Å². The van der Waals surface area contributed by atoms with Crippen molar-refractivity contribution >= 4 is 29.0 Å². The lowest BCUT2D eigenvalue weighted by atomic mass is 10.0. The van der Waals surface area contributed by atoms with Gasteiger partial charge in [0.1, 0.15) is 12.4 Å². The SMILES string of the molecule is CC.Cc1cc(Nc2nccn3c(-c4cn(CC(F)F)nc4C(F)(F)F)cnc23)cc(F)c1C(=O)N1CCN(C(=O)C2CCCN2)CC1. The first-order valence-electron chi connectivity index (χ1n) is 15.5. The number of aryl methyl sites for hydroxylation is 1. The van der Waals surface area contributed by atoms with Gasteiger partial charge in [0.05, 0.1) is 29.1 Å². The lowest BCUT2D eigenvalue weighted by molar-refractivity contribution is -0.141.